The van der Waals surface area contributed by atoms with Crippen LogP contribution < -0.4 is 14.5 Å². The van der Waals surface area contributed by atoms with Gasteiger partial charge in [-0.25, -0.2) is 4.98 Å². The number of hydrogen-bond donors (Lipinski definition) is 0. The van der Waals surface area contributed by atoms with Gasteiger partial charge in [-0.2, -0.15) is 0 Å². The number of aromatic nitrogens is 2. The van der Waals surface area contributed by atoms with Crippen molar-refractivity contribution >= 4 is 44.6 Å². The van der Waals surface area contributed by atoms with Gasteiger partial charge in [-0.3, -0.25) is 4.57 Å². The van der Waals surface area contributed by atoms with E-state index in [-0.39, 0.29) is 27.1 Å². The van der Waals surface area contributed by atoms with Gasteiger partial charge in [-0.05, 0) is 137 Å². The summed E-state index contributed by atoms with van der Waals surface area (Å²) in [5.41, 5.74) is 23.7. The van der Waals surface area contributed by atoms with Gasteiger partial charge >= 0.3 is 0 Å². The molecule has 424 valence electrons. The number of pyridine rings is 1. The van der Waals surface area contributed by atoms with E-state index in [1.54, 1.807) is 0 Å². The second-order valence-corrected chi connectivity index (χ2v) is 28.9. The molecule has 0 fully saturated rings. The molecule has 1 aliphatic heterocycles. The third-order valence-corrected chi connectivity index (χ3v) is 19.0. The largest absolute Gasteiger partial charge is 0.457 e. The molecule has 3 heterocycles. The molecule has 0 saturated heterocycles. The van der Waals surface area contributed by atoms with Crippen molar-refractivity contribution in [3.8, 4) is 39.6 Å². The minimum Gasteiger partial charge on any atom is -0.457 e. The van der Waals surface area contributed by atoms with Crippen LogP contribution in [-0.2, 0) is 32.5 Å². The van der Waals surface area contributed by atoms with E-state index in [2.05, 4.69) is 311 Å². The van der Waals surface area contributed by atoms with Crippen molar-refractivity contribution in [2.24, 2.45) is 0 Å². The molecule has 2 aromatic heterocycles. The first kappa shape index (κ1) is 54.3. The maximum absolute atomic E-state index is 7.43. The van der Waals surface area contributed by atoms with E-state index in [0.717, 1.165) is 45.4 Å². The molecule has 3 aliphatic rings. The monoisotopic (exact) mass is 1110 g/mol. The van der Waals surface area contributed by atoms with Crippen LogP contribution in [0.5, 0.6) is 11.5 Å². The molecule has 0 unspecified atom stereocenters. The summed E-state index contributed by atoms with van der Waals surface area (Å²) in [6.45, 7) is 33.1. The lowest BCUT2D eigenvalue weighted by Gasteiger charge is -2.47. The van der Waals surface area contributed by atoms with Gasteiger partial charge in [0, 0.05) is 51.3 Å². The number of benzene rings is 9. The average molecular weight is 1110 g/mol. The Balaban J connectivity index is 0.935. The van der Waals surface area contributed by atoms with E-state index in [1.165, 1.54) is 94.3 Å². The molecule has 11 aromatic rings. The molecule has 0 radical (unpaired) electrons. The zero-order valence-electron chi connectivity index (χ0n) is 52.0. The standard InChI is InChI=1S/C80H78N4O/c1-75(2,3)52-26-21-25-50(41-52)59-29-23-30-60(51-42-54(77(7,8)9)44-55(43-51)78(10,11)12)74(59)83-49-82(67-36-19-20-37-68(67)83)56-27-22-28-57(46-56)85-58-47-66-73-70(48-58)84(71-45-53(39-40-81-71)76(4,5)6)69-38-24-35-65(72(69)73)80(66)63-33-17-15-31-61(63)79(13,14)62-32-16-18-34-64(62)80/h15-48H,49H2,1-14H3. The van der Waals surface area contributed by atoms with Gasteiger partial charge in [-0.15, -0.1) is 0 Å². The van der Waals surface area contributed by atoms with E-state index >= 15 is 0 Å². The van der Waals surface area contributed by atoms with Crippen molar-refractivity contribution in [1.29, 1.82) is 0 Å². The lowest BCUT2D eigenvalue weighted by Crippen LogP contribution is -2.40. The van der Waals surface area contributed by atoms with Crippen molar-refractivity contribution in [3.05, 3.63) is 262 Å². The SMILES string of the molecule is CC(C)(C)c1cccc(-c2cccc(-c3cc(C(C)(C)C)cc(C(C)(C)C)c3)c2N2CN(c3cccc(Oc4cc5c6c7c(cccc7n(-c7cc(C(C)(C)C)ccn7)c6c4)C54c5ccccc5C(C)(C)c5ccccc54)c3)c3ccccc32)c1. The predicted octanol–water partition coefficient (Wildman–Crippen LogP) is 21.1. The Kier molecular flexibility index (Phi) is 12.1. The highest BCUT2D eigenvalue weighted by Crippen LogP contribution is 2.63. The van der Waals surface area contributed by atoms with Crippen molar-refractivity contribution in [1.82, 2.24) is 9.55 Å². The molecule has 2 aliphatic carbocycles. The Hall–Kier alpha value is -8.67. The molecular formula is C80H78N4O. The van der Waals surface area contributed by atoms with Crippen LogP contribution in [0.4, 0.5) is 22.7 Å². The van der Waals surface area contributed by atoms with Crippen LogP contribution >= 0.6 is 0 Å². The van der Waals surface area contributed by atoms with Crippen LogP contribution in [-0.4, -0.2) is 16.2 Å². The molecule has 1 spiro atoms. The third-order valence-electron chi connectivity index (χ3n) is 19.0. The predicted molar refractivity (Wildman–Crippen MR) is 357 cm³/mol. The smallest absolute Gasteiger partial charge is 0.137 e. The van der Waals surface area contributed by atoms with Crippen LogP contribution in [0.2, 0.25) is 0 Å². The Morgan fingerprint density at radius 3 is 1.58 bits per heavy atom. The lowest BCUT2D eigenvalue weighted by molar-refractivity contribution is 0.481. The first-order valence-corrected chi connectivity index (χ1v) is 30.5. The highest BCUT2D eigenvalue weighted by atomic mass is 16.5. The summed E-state index contributed by atoms with van der Waals surface area (Å²) in [5, 5.41) is 2.52. The number of nitrogens with zero attached hydrogens (tertiary/aromatic N) is 4. The van der Waals surface area contributed by atoms with E-state index < -0.39 is 5.41 Å². The summed E-state index contributed by atoms with van der Waals surface area (Å²) in [7, 11) is 0. The van der Waals surface area contributed by atoms with Crippen LogP contribution in [0, 0.1) is 0 Å². The van der Waals surface area contributed by atoms with Crippen LogP contribution in [0.1, 0.15) is 153 Å². The molecule has 0 amide bonds. The fraction of sp³-hybridized carbons (Fsp3) is 0.263. The van der Waals surface area contributed by atoms with E-state index in [9.17, 15) is 0 Å². The van der Waals surface area contributed by atoms with E-state index in [0.29, 0.717) is 6.67 Å². The summed E-state index contributed by atoms with van der Waals surface area (Å²) in [6, 6.07) is 75.5. The minimum absolute atomic E-state index is 0.0215. The zero-order chi connectivity index (χ0) is 59.3. The summed E-state index contributed by atoms with van der Waals surface area (Å²) in [4.78, 5) is 10.2. The van der Waals surface area contributed by atoms with Gasteiger partial charge in [0.25, 0.3) is 0 Å². The van der Waals surface area contributed by atoms with Crippen molar-refractivity contribution in [2.45, 2.75) is 129 Å². The minimum atomic E-state index is -0.597. The maximum Gasteiger partial charge on any atom is 0.137 e. The summed E-state index contributed by atoms with van der Waals surface area (Å²) in [5.74, 6) is 2.44. The first-order valence-electron chi connectivity index (χ1n) is 30.5. The van der Waals surface area contributed by atoms with Crippen LogP contribution in [0.25, 0.3) is 49.9 Å². The number of anilines is 4. The highest BCUT2D eigenvalue weighted by Gasteiger charge is 2.53. The second-order valence-electron chi connectivity index (χ2n) is 28.9. The van der Waals surface area contributed by atoms with Gasteiger partial charge in [-0.1, -0.05) is 236 Å². The third kappa shape index (κ3) is 8.50. The maximum atomic E-state index is 7.43. The molecule has 0 N–H and O–H groups in total. The summed E-state index contributed by atoms with van der Waals surface area (Å²) in [6.07, 6.45) is 1.97. The Bertz CT molecular complexity index is 4440. The summed E-state index contributed by atoms with van der Waals surface area (Å²) < 4.78 is 9.81. The fourth-order valence-corrected chi connectivity index (χ4v) is 14.4. The normalized spacial score (nSPS) is 15.0. The van der Waals surface area contributed by atoms with Crippen molar-refractivity contribution in [2.75, 3.05) is 16.5 Å². The van der Waals surface area contributed by atoms with Crippen LogP contribution in [0.3, 0.4) is 0 Å². The lowest BCUT2D eigenvalue weighted by atomic mass is 9.55. The molecule has 5 nitrogen and oxygen atoms in total. The highest BCUT2D eigenvalue weighted by molar-refractivity contribution is 6.18. The van der Waals surface area contributed by atoms with Gasteiger partial charge in [0.05, 0.1) is 33.5 Å². The first-order chi connectivity index (χ1) is 40.4. The molecule has 85 heavy (non-hydrogen) atoms. The van der Waals surface area contributed by atoms with E-state index in [1.807, 2.05) is 6.20 Å². The number of rotatable bonds is 7. The Morgan fingerprint density at radius 1 is 0.400 bits per heavy atom. The topological polar surface area (TPSA) is 33.5 Å². The van der Waals surface area contributed by atoms with Crippen molar-refractivity contribution in [3.63, 3.8) is 0 Å². The summed E-state index contributed by atoms with van der Waals surface area (Å²) >= 11 is 0. The average Bonchev–Trinajstić information content (AvgIpc) is 1.66. The Labute approximate surface area is 503 Å². The number of fused-ring (bicyclic) bond motifs is 7. The van der Waals surface area contributed by atoms with Gasteiger partial charge in [0.15, 0.2) is 0 Å². The zero-order valence-corrected chi connectivity index (χ0v) is 52.0. The quantitative estimate of drug-likeness (QED) is 0.159. The van der Waals surface area contributed by atoms with Crippen molar-refractivity contribution < 1.29 is 4.74 Å². The molecule has 14 rings (SSSR count). The molecule has 0 saturated carbocycles. The van der Waals surface area contributed by atoms with Gasteiger partial charge < -0.3 is 14.5 Å². The molecule has 5 heteroatoms. The second kappa shape index (κ2) is 18.9. The van der Waals surface area contributed by atoms with Gasteiger partial charge in [0.2, 0.25) is 0 Å². The molecule has 0 atom stereocenters. The molecular weight excluding hydrogens is 1030 g/mol. The number of para-hydroxylation sites is 3. The fourth-order valence-electron chi connectivity index (χ4n) is 14.4. The Morgan fingerprint density at radius 2 is 0.929 bits per heavy atom. The van der Waals surface area contributed by atoms with Crippen LogP contribution in [0.15, 0.2) is 206 Å². The number of ether oxygens (including phenoxy) is 1. The van der Waals surface area contributed by atoms with E-state index in [4.69, 9.17) is 9.72 Å². The molecule has 9 aromatic carbocycles. The number of hydrogen-bond acceptors (Lipinski definition) is 4. The molecule has 0 bridgehead atoms. The van der Waals surface area contributed by atoms with Gasteiger partial charge in [0.1, 0.15) is 24.0 Å².